The van der Waals surface area contributed by atoms with Crippen LogP contribution in [0.1, 0.15) is 59.9 Å². The summed E-state index contributed by atoms with van der Waals surface area (Å²) in [6.07, 6.45) is 0. The molecule has 5 heteroatoms. The number of hydrogen-bond acceptors (Lipinski definition) is 3. The zero-order chi connectivity index (χ0) is 18.8. The van der Waals surface area contributed by atoms with Crippen molar-refractivity contribution in [2.24, 2.45) is 5.41 Å². The second-order valence-corrected chi connectivity index (χ2v) is 9.19. The molecule has 1 aromatic rings. The van der Waals surface area contributed by atoms with Gasteiger partial charge in [0.25, 0.3) is 0 Å². The first-order valence-corrected chi connectivity index (χ1v) is 8.73. The minimum Gasteiger partial charge on any atom is -0.399 e. The van der Waals surface area contributed by atoms with Gasteiger partial charge in [-0.2, -0.15) is 0 Å². The zero-order valence-corrected chi connectivity index (χ0v) is 15.8. The van der Waals surface area contributed by atoms with Crippen molar-refractivity contribution in [3.8, 4) is 0 Å². The van der Waals surface area contributed by atoms with E-state index < -0.39 is 18.3 Å². The Bertz CT molecular complexity index is 638. The molecule has 2 saturated heterocycles. The summed E-state index contributed by atoms with van der Waals surface area (Å²) >= 11 is 0. The molecule has 1 aromatic carbocycles. The maximum atomic E-state index is 14.3. The Morgan fingerprint density at radius 2 is 1.75 bits per heavy atom. The third kappa shape index (κ3) is 3.02. The summed E-state index contributed by atoms with van der Waals surface area (Å²) < 4.78 is 34.6. The van der Waals surface area contributed by atoms with Crippen LogP contribution in [0.5, 0.6) is 0 Å². The molecule has 0 spiro atoms. The van der Waals surface area contributed by atoms with Gasteiger partial charge in [-0.15, -0.1) is 0 Å². The summed E-state index contributed by atoms with van der Waals surface area (Å²) in [4.78, 5) is 0. The molecule has 2 aliphatic rings. The van der Waals surface area contributed by atoms with Crippen molar-refractivity contribution in [3.05, 3.63) is 29.6 Å². The molecule has 2 unspecified atom stereocenters. The first-order valence-electron chi connectivity index (χ1n) is 9.18. The Kier molecular flexibility index (Phi) is 3.83. The smallest absolute Gasteiger partial charge is 0.399 e. The molecule has 0 aromatic heterocycles. The molecule has 132 valence electrons. The van der Waals surface area contributed by atoms with Gasteiger partial charge in [0, 0.05) is 18.5 Å². The molecule has 2 fully saturated rings. The summed E-state index contributed by atoms with van der Waals surface area (Å²) in [5, 5.41) is 1.60. The maximum Gasteiger partial charge on any atom is 0.494 e. The summed E-state index contributed by atoms with van der Waals surface area (Å²) in [7, 11) is -0.570. The van der Waals surface area contributed by atoms with Crippen molar-refractivity contribution >= 4 is 12.6 Å². The highest BCUT2D eigenvalue weighted by Gasteiger charge is 2.52. The SMILES string of the molecule is [2H]N1CC(c2cc(F)cc(B3OC(C)(C)C(C)(C)O3)c2)C1C(C)(C)C. The Hall–Kier alpha value is -0.905. The third-order valence-corrected chi connectivity index (χ3v) is 5.66. The Balaban J connectivity index is 1.90. The first-order chi connectivity index (χ1) is 11.3. The molecular formula is C19H29BFNO2. The number of nitrogens with one attached hydrogen (secondary N) is 1. The number of halogens is 1. The summed E-state index contributed by atoms with van der Waals surface area (Å²) in [5.41, 5.74) is 0.693. The largest absolute Gasteiger partial charge is 0.494 e. The standard InChI is InChI=1S/C19H29BFNO2/c1-17(2,3)16-15(11-22-16)12-8-13(10-14(21)9-12)20-23-18(4,5)19(6,7)24-20/h8-10,15-16,22H,11H2,1-7H3/i/hD. The molecule has 0 radical (unpaired) electrons. The predicted molar refractivity (Wildman–Crippen MR) is 96.1 cm³/mol. The van der Waals surface area contributed by atoms with Gasteiger partial charge >= 0.3 is 7.12 Å². The van der Waals surface area contributed by atoms with Gasteiger partial charge in [0.1, 0.15) is 7.23 Å². The quantitative estimate of drug-likeness (QED) is 0.843. The highest BCUT2D eigenvalue weighted by molar-refractivity contribution is 6.62. The van der Waals surface area contributed by atoms with Crippen LogP contribution >= 0.6 is 0 Å². The summed E-state index contributed by atoms with van der Waals surface area (Å²) in [5.74, 6) is -0.132. The van der Waals surface area contributed by atoms with Gasteiger partial charge in [-0.25, -0.2) is 4.39 Å². The Morgan fingerprint density at radius 3 is 2.25 bits per heavy atom. The van der Waals surface area contributed by atoms with E-state index in [4.69, 9.17) is 10.7 Å². The lowest BCUT2D eigenvalue weighted by Gasteiger charge is -2.46. The fourth-order valence-electron chi connectivity index (χ4n) is 3.45. The Morgan fingerprint density at radius 1 is 1.17 bits per heavy atom. The van der Waals surface area contributed by atoms with Crippen LogP contribution in [-0.2, 0) is 9.31 Å². The lowest BCUT2D eigenvalue weighted by atomic mass is 9.69. The maximum absolute atomic E-state index is 14.3. The van der Waals surface area contributed by atoms with Gasteiger partial charge in [0.05, 0.1) is 11.2 Å². The van der Waals surface area contributed by atoms with Gasteiger partial charge in [-0.05, 0) is 56.3 Å². The van der Waals surface area contributed by atoms with Crippen LogP contribution in [0.3, 0.4) is 0 Å². The van der Waals surface area contributed by atoms with E-state index in [9.17, 15) is 4.39 Å². The molecule has 2 heterocycles. The van der Waals surface area contributed by atoms with Crippen molar-refractivity contribution in [1.82, 2.24) is 5.31 Å². The highest BCUT2D eigenvalue weighted by Crippen LogP contribution is 2.39. The minimum atomic E-state index is -0.570. The van der Waals surface area contributed by atoms with Gasteiger partial charge in [-0.1, -0.05) is 26.8 Å². The average Bonchev–Trinajstić information content (AvgIpc) is 2.62. The predicted octanol–water partition coefficient (Wildman–Crippen LogP) is 3.23. The van der Waals surface area contributed by atoms with Gasteiger partial charge in [-0.3, -0.25) is 0 Å². The molecule has 0 aliphatic carbocycles. The lowest BCUT2D eigenvalue weighted by molar-refractivity contribution is 0.00578. The Labute approximate surface area is 146 Å². The van der Waals surface area contributed by atoms with E-state index in [2.05, 4.69) is 20.8 Å². The number of rotatable bonds is 2. The molecule has 3 rings (SSSR count). The second kappa shape index (κ2) is 5.55. The van der Waals surface area contributed by atoms with Crippen molar-refractivity contribution in [2.75, 3.05) is 6.54 Å². The van der Waals surface area contributed by atoms with Crippen LogP contribution in [0.4, 0.5) is 4.39 Å². The molecule has 0 saturated carbocycles. The number of hydrogen-bond donors (Lipinski definition) is 1. The summed E-state index contributed by atoms with van der Waals surface area (Å²) in [6.45, 7) is 15.0. The summed E-state index contributed by atoms with van der Waals surface area (Å²) in [6, 6.07) is 5.14. The van der Waals surface area contributed by atoms with Crippen LogP contribution in [0, 0.1) is 11.2 Å². The van der Waals surface area contributed by atoms with E-state index in [1.807, 2.05) is 33.8 Å². The molecule has 0 bridgehead atoms. The van der Waals surface area contributed by atoms with E-state index >= 15 is 0 Å². The van der Waals surface area contributed by atoms with Crippen LogP contribution in [-0.4, -0.2) is 30.9 Å². The van der Waals surface area contributed by atoms with Crippen LogP contribution in [0.25, 0.3) is 0 Å². The van der Waals surface area contributed by atoms with Crippen molar-refractivity contribution in [2.45, 2.75) is 71.6 Å². The monoisotopic (exact) mass is 334 g/mol. The molecule has 2 aliphatic heterocycles. The normalized spacial score (nSPS) is 30.2. The van der Waals surface area contributed by atoms with Crippen LogP contribution in [0.2, 0.25) is 1.41 Å². The molecule has 0 amide bonds. The first kappa shape index (κ1) is 16.6. The lowest BCUT2D eigenvalue weighted by Crippen LogP contribution is -2.57. The molecule has 3 nitrogen and oxygen atoms in total. The second-order valence-electron chi connectivity index (χ2n) is 9.19. The topological polar surface area (TPSA) is 30.5 Å². The van der Waals surface area contributed by atoms with Crippen LogP contribution < -0.4 is 10.8 Å². The fourth-order valence-corrected chi connectivity index (χ4v) is 3.45. The van der Waals surface area contributed by atoms with E-state index in [0.717, 1.165) is 5.56 Å². The van der Waals surface area contributed by atoms with E-state index in [0.29, 0.717) is 12.0 Å². The van der Waals surface area contributed by atoms with Gasteiger partial charge in [0.2, 0.25) is 0 Å². The fraction of sp³-hybridized carbons (Fsp3) is 0.684. The van der Waals surface area contributed by atoms with Gasteiger partial charge in [0.15, 0.2) is 0 Å². The average molecular weight is 334 g/mol. The van der Waals surface area contributed by atoms with Crippen molar-refractivity contribution in [1.29, 1.82) is 0 Å². The molecule has 1 N–H and O–H groups in total. The van der Waals surface area contributed by atoms with E-state index in [1.54, 1.807) is 11.4 Å². The minimum absolute atomic E-state index is 0.0402. The van der Waals surface area contributed by atoms with Crippen LogP contribution in [0.15, 0.2) is 18.2 Å². The molecular weight excluding hydrogens is 304 g/mol. The van der Waals surface area contributed by atoms with Crippen molar-refractivity contribution in [3.63, 3.8) is 0 Å². The number of benzene rings is 1. The zero-order valence-electron chi connectivity index (χ0n) is 16.8. The third-order valence-electron chi connectivity index (χ3n) is 5.66. The highest BCUT2D eigenvalue weighted by atomic mass is 19.1. The molecule has 24 heavy (non-hydrogen) atoms. The van der Waals surface area contributed by atoms with E-state index in [1.165, 1.54) is 6.07 Å². The molecule has 2 atom stereocenters. The van der Waals surface area contributed by atoms with E-state index in [-0.39, 0.29) is 23.2 Å². The van der Waals surface area contributed by atoms with Gasteiger partial charge < -0.3 is 14.6 Å². The van der Waals surface area contributed by atoms with Crippen molar-refractivity contribution < 1.29 is 15.1 Å².